The predicted octanol–water partition coefficient (Wildman–Crippen LogP) is 3.34. The lowest BCUT2D eigenvalue weighted by Gasteiger charge is -2.33. The third-order valence-corrected chi connectivity index (χ3v) is 9.44. The van der Waals surface area contributed by atoms with Crippen LogP contribution in [0.1, 0.15) is 27.0 Å². The summed E-state index contributed by atoms with van der Waals surface area (Å²) < 4.78 is 68.9. The third kappa shape index (κ3) is 6.41. The standard InChI is InChI=1S/C27H30F3N6O7PS/c1-13(2)41-24(39)14(3)35-44(45,43-17-10-6-8-15-7-4-5-9-16(15)17)40-11-27(25(29)30)20(28)19(37)23(42-27)36-12-32-18-21(36)33-26(31)34-22(18)38/h4-10,12-14,19-20,23,25,37H,11H2,1-3H3,(H,35,45)(H3,31,33,34,38). The zero-order valence-corrected chi connectivity index (χ0v) is 25.8. The molecular weight excluding hydrogens is 640 g/mol. The first-order valence-corrected chi connectivity index (χ1v) is 16.3. The quantitative estimate of drug-likeness (QED) is 0.136. The van der Waals surface area contributed by atoms with Crippen molar-refractivity contribution in [2.45, 2.75) is 63.4 Å². The lowest BCUT2D eigenvalue weighted by molar-refractivity contribution is -0.181. The highest BCUT2D eigenvalue weighted by molar-refractivity contribution is 8.09. The van der Waals surface area contributed by atoms with Crippen molar-refractivity contribution in [2.75, 3.05) is 12.3 Å². The number of nitrogens with one attached hydrogen (secondary N) is 2. The number of imidazole rings is 1. The van der Waals surface area contributed by atoms with Gasteiger partial charge in [0.05, 0.1) is 19.0 Å². The van der Waals surface area contributed by atoms with Crippen LogP contribution in [0.25, 0.3) is 21.9 Å². The molecule has 0 amide bonds. The maximum Gasteiger partial charge on any atom is 0.323 e. The van der Waals surface area contributed by atoms with Crippen molar-refractivity contribution in [3.8, 4) is 5.75 Å². The second-order valence-electron chi connectivity index (χ2n) is 10.6. The number of aliphatic hydroxyl groups is 1. The number of hydrogen-bond acceptors (Lipinski definition) is 11. The van der Waals surface area contributed by atoms with E-state index in [0.717, 1.165) is 16.3 Å². The number of ether oxygens (including phenoxy) is 2. The number of alkyl halides is 3. The first-order valence-electron chi connectivity index (χ1n) is 13.7. The Labute approximate surface area is 259 Å². The second kappa shape index (κ2) is 12.7. The Morgan fingerprint density at radius 2 is 1.98 bits per heavy atom. The summed E-state index contributed by atoms with van der Waals surface area (Å²) in [7, 11) is 0. The molecule has 5 N–H and O–H groups in total. The van der Waals surface area contributed by atoms with Crippen LogP contribution >= 0.6 is 6.64 Å². The van der Waals surface area contributed by atoms with Crippen molar-refractivity contribution in [2.24, 2.45) is 0 Å². The van der Waals surface area contributed by atoms with Crippen LogP contribution in [0.2, 0.25) is 0 Å². The van der Waals surface area contributed by atoms with E-state index in [1.165, 1.54) is 6.92 Å². The first-order chi connectivity index (χ1) is 21.2. The van der Waals surface area contributed by atoms with Crippen LogP contribution in [0.4, 0.5) is 19.1 Å². The van der Waals surface area contributed by atoms with Gasteiger partial charge in [0.15, 0.2) is 29.2 Å². The summed E-state index contributed by atoms with van der Waals surface area (Å²) in [5.74, 6) is -0.845. The van der Waals surface area contributed by atoms with E-state index in [0.29, 0.717) is 5.39 Å². The highest BCUT2D eigenvalue weighted by Crippen LogP contribution is 2.51. The van der Waals surface area contributed by atoms with Gasteiger partial charge in [0, 0.05) is 5.39 Å². The zero-order chi connectivity index (χ0) is 32.7. The van der Waals surface area contributed by atoms with Crippen LogP contribution in [0.5, 0.6) is 5.75 Å². The number of carbonyl (C=O) groups is 1. The van der Waals surface area contributed by atoms with E-state index in [1.807, 2.05) is 12.1 Å². The van der Waals surface area contributed by atoms with Gasteiger partial charge in [-0.3, -0.25) is 19.1 Å². The molecule has 6 atom stereocenters. The molecule has 1 saturated heterocycles. The van der Waals surface area contributed by atoms with Crippen molar-refractivity contribution in [1.29, 1.82) is 0 Å². The number of esters is 1. The van der Waals surface area contributed by atoms with Gasteiger partial charge in [-0.25, -0.2) is 23.2 Å². The van der Waals surface area contributed by atoms with Crippen LogP contribution < -0.4 is 20.9 Å². The predicted molar refractivity (Wildman–Crippen MR) is 161 cm³/mol. The minimum absolute atomic E-state index is 0.209. The maximum atomic E-state index is 15.8. The fraction of sp³-hybridized carbons (Fsp3) is 0.407. The van der Waals surface area contributed by atoms with Crippen molar-refractivity contribution in [3.05, 3.63) is 59.1 Å². The Morgan fingerprint density at radius 1 is 1.27 bits per heavy atom. The Morgan fingerprint density at radius 3 is 2.69 bits per heavy atom. The molecule has 0 spiro atoms. The average molecular weight is 671 g/mol. The Bertz CT molecular complexity index is 1820. The van der Waals surface area contributed by atoms with Gasteiger partial charge >= 0.3 is 12.6 Å². The number of benzene rings is 2. The number of hydrogen-bond donors (Lipinski definition) is 4. The summed E-state index contributed by atoms with van der Waals surface area (Å²) >= 11 is 5.68. The minimum Gasteiger partial charge on any atom is -0.462 e. The van der Waals surface area contributed by atoms with Crippen LogP contribution in [0, 0.1) is 0 Å². The molecule has 1 aliphatic heterocycles. The monoisotopic (exact) mass is 670 g/mol. The van der Waals surface area contributed by atoms with Gasteiger partial charge in [-0.2, -0.15) is 4.98 Å². The lowest BCUT2D eigenvalue weighted by Crippen LogP contribution is -2.51. The van der Waals surface area contributed by atoms with E-state index in [-0.39, 0.29) is 22.9 Å². The van der Waals surface area contributed by atoms with Gasteiger partial charge in [-0.15, -0.1) is 0 Å². The number of aromatic nitrogens is 4. The number of aromatic amines is 1. The number of halogens is 3. The first kappa shape index (κ1) is 32.8. The molecule has 45 heavy (non-hydrogen) atoms. The molecule has 3 heterocycles. The largest absolute Gasteiger partial charge is 0.462 e. The molecule has 2 aromatic heterocycles. The molecule has 242 valence electrons. The SMILES string of the molecule is CC(C)OC(=O)C(C)NP(=S)(OCC1(C(F)F)OC(n2cnc3c(=O)[nH]c(N)nc32)C(O)C1F)Oc1cccc2ccccc12. The molecule has 0 aliphatic carbocycles. The Balaban J connectivity index is 1.48. The zero-order valence-electron chi connectivity index (χ0n) is 24.1. The van der Waals surface area contributed by atoms with Crippen LogP contribution in [-0.2, 0) is 30.6 Å². The fourth-order valence-corrected chi connectivity index (χ4v) is 7.22. The van der Waals surface area contributed by atoms with Crippen molar-refractivity contribution in [1.82, 2.24) is 24.6 Å². The van der Waals surface area contributed by atoms with Crippen molar-refractivity contribution >= 4 is 52.3 Å². The number of rotatable bonds is 11. The summed E-state index contributed by atoms with van der Waals surface area (Å²) in [6.07, 6.45) is -9.80. The number of anilines is 1. The molecule has 0 radical (unpaired) electrons. The number of carbonyl (C=O) groups excluding carboxylic acids is 1. The summed E-state index contributed by atoms with van der Waals surface area (Å²) in [5, 5.41) is 14.9. The van der Waals surface area contributed by atoms with Gasteiger partial charge in [-0.05, 0) is 44.0 Å². The van der Waals surface area contributed by atoms with E-state index in [9.17, 15) is 23.5 Å². The highest BCUT2D eigenvalue weighted by Gasteiger charge is 2.62. The van der Waals surface area contributed by atoms with E-state index < -0.39 is 67.5 Å². The summed E-state index contributed by atoms with van der Waals surface area (Å²) in [5.41, 5.74) is 1.31. The molecule has 18 heteroatoms. The molecule has 2 aromatic carbocycles. The molecule has 0 bridgehead atoms. The van der Waals surface area contributed by atoms with Gasteiger partial charge < -0.3 is 29.4 Å². The summed E-state index contributed by atoms with van der Waals surface area (Å²) in [6.45, 7) is -0.510. The van der Waals surface area contributed by atoms with Crippen LogP contribution in [0.3, 0.4) is 0 Å². The molecule has 1 fully saturated rings. The van der Waals surface area contributed by atoms with Gasteiger partial charge in [0.2, 0.25) is 5.95 Å². The van der Waals surface area contributed by atoms with Crippen LogP contribution in [0.15, 0.2) is 53.6 Å². The summed E-state index contributed by atoms with van der Waals surface area (Å²) in [4.78, 5) is 34.9. The van der Waals surface area contributed by atoms with Gasteiger partial charge in [0.1, 0.15) is 17.9 Å². The van der Waals surface area contributed by atoms with Gasteiger partial charge in [-0.1, -0.05) is 36.4 Å². The number of nitrogen functional groups attached to an aromatic ring is 1. The van der Waals surface area contributed by atoms with Crippen LogP contribution in [-0.4, -0.2) is 73.6 Å². The Hall–Kier alpha value is -3.60. The molecule has 6 unspecified atom stereocenters. The molecule has 0 saturated carbocycles. The molecular formula is C27H30F3N6O7PS. The number of aliphatic hydroxyl groups excluding tert-OH is 1. The number of nitrogens with two attached hydrogens (primary N) is 1. The number of fused-ring (bicyclic) bond motifs is 2. The smallest absolute Gasteiger partial charge is 0.323 e. The lowest BCUT2D eigenvalue weighted by atomic mass is 9.98. The van der Waals surface area contributed by atoms with E-state index in [2.05, 4.69) is 20.0 Å². The molecule has 5 rings (SSSR count). The molecule has 4 aromatic rings. The topological polar surface area (TPSA) is 176 Å². The fourth-order valence-electron chi connectivity index (χ4n) is 4.80. The van der Waals surface area contributed by atoms with Gasteiger partial charge in [0.25, 0.3) is 12.0 Å². The van der Waals surface area contributed by atoms with E-state index in [4.69, 9.17) is 36.1 Å². The maximum absolute atomic E-state index is 15.8. The average Bonchev–Trinajstić information content (AvgIpc) is 3.51. The number of nitrogens with zero attached hydrogens (tertiary/aromatic N) is 3. The Kier molecular flexibility index (Phi) is 9.22. The van der Waals surface area contributed by atoms with Crippen molar-refractivity contribution < 1.29 is 41.6 Å². The summed E-state index contributed by atoms with van der Waals surface area (Å²) in [6, 6.07) is 11.0. The normalized spacial score (nSPS) is 23.9. The van der Waals surface area contributed by atoms with E-state index >= 15 is 4.39 Å². The van der Waals surface area contributed by atoms with Crippen molar-refractivity contribution in [3.63, 3.8) is 0 Å². The van der Waals surface area contributed by atoms with E-state index in [1.54, 1.807) is 44.2 Å². The second-order valence-corrected chi connectivity index (χ2v) is 13.7. The number of H-pyrrole nitrogens is 1. The highest BCUT2D eigenvalue weighted by atomic mass is 32.5. The molecule has 13 nitrogen and oxygen atoms in total. The third-order valence-electron chi connectivity index (χ3n) is 6.98. The minimum atomic E-state index is -3.98. The molecule has 1 aliphatic rings.